The fourth-order valence-electron chi connectivity index (χ4n) is 2.59. The lowest BCUT2D eigenvalue weighted by molar-refractivity contribution is -0.122. The van der Waals surface area contributed by atoms with Crippen LogP contribution in [0.4, 0.5) is 5.69 Å². The molecule has 0 saturated heterocycles. The first kappa shape index (κ1) is 17.0. The summed E-state index contributed by atoms with van der Waals surface area (Å²) in [5.74, 6) is 0.489. The average Bonchev–Trinajstić information content (AvgIpc) is 2.97. The second-order valence-electron chi connectivity index (χ2n) is 6.22. The van der Waals surface area contributed by atoms with E-state index in [1.54, 1.807) is 13.0 Å². The standard InChI is InChI=1S/C19H21N3O3/c1-12(21-22-19(24)17-10-11-25-13(17)2)14-6-8-16(9-7-14)20-18(23)15-4-3-5-15/h6-11,15H,3-5H2,1-2H3,(H,20,23)(H,22,24). The number of aryl methyl sites for hydroxylation is 1. The van der Waals surface area contributed by atoms with E-state index >= 15 is 0 Å². The Morgan fingerprint density at radius 3 is 2.44 bits per heavy atom. The van der Waals surface area contributed by atoms with E-state index in [4.69, 9.17) is 4.42 Å². The molecule has 2 amide bonds. The Bertz CT molecular complexity index is 802. The number of rotatable bonds is 5. The molecule has 0 aliphatic heterocycles. The summed E-state index contributed by atoms with van der Waals surface area (Å²) in [5.41, 5.74) is 5.29. The third-order valence-electron chi connectivity index (χ3n) is 4.47. The number of furan rings is 1. The Morgan fingerprint density at radius 2 is 1.88 bits per heavy atom. The zero-order valence-electron chi connectivity index (χ0n) is 14.3. The largest absolute Gasteiger partial charge is 0.469 e. The quantitative estimate of drug-likeness (QED) is 0.646. The molecule has 6 heteroatoms. The van der Waals surface area contributed by atoms with Crippen molar-refractivity contribution >= 4 is 23.2 Å². The minimum Gasteiger partial charge on any atom is -0.469 e. The van der Waals surface area contributed by atoms with E-state index in [2.05, 4.69) is 15.8 Å². The molecule has 1 aliphatic carbocycles. The number of nitrogens with zero attached hydrogens (tertiary/aromatic N) is 1. The monoisotopic (exact) mass is 339 g/mol. The van der Waals surface area contributed by atoms with Crippen LogP contribution in [-0.4, -0.2) is 17.5 Å². The third kappa shape index (κ3) is 3.96. The molecule has 130 valence electrons. The van der Waals surface area contributed by atoms with E-state index < -0.39 is 0 Å². The number of nitrogens with one attached hydrogen (secondary N) is 2. The Hall–Kier alpha value is -2.89. The van der Waals surface area contributed by atoms with Crippen LogP contribution in [0, 0.1) is 12.8 Å². The average molecular weight is 339 g/mol. The molecule has 0 bridgehead atoms. The third-order valence-corrected chi connectivity index (χ3v) is 4.47. The van der Waals surface area contributed by atoms with Crippen LogP contribution in [0.25, 0.3) is 0 Å². The van der Waals surface area contributed by atoms with E-state index in [0.29, 0.717) is 17.0 Å². The van der Waals surface area contributed by atoms with Gasteiger partial charge in [0.25, 0.3) is 5.91 Å². The van der Waals surface area contributed by atoms with Crippen LogP contribution in [0.3, 0.4) is 0 Å². The lowest BCUT2D eigenvalue weighted by atomic mass is 9.85. The lowest BCUT2D eigenvalue weighted by Gasteiger charge is -2.24. The predicted octanol–water partition coefficient (Wildman–Crippen LogP) is 3.48. The summed E-state index contributed by atoms with van der Waals surface area (Å²) in [6, 6.07) is 9.02. The van der Waals surface area contributed by atoms with Crippen LogP contribution >= 0.6 is 0 Å². The van der Waals surface area contributed by atoms with Gasteiger partial charge in [0.15, 0.2) is 0 Å². The van der Waals surface area contributed by atoms with Gasteiger partial charge in [-0.1, -0.05) is 18.6 Å². The Morgan fingerprint density at radius 1 is 1.16 bits per heavy atom. The second-order valence-corrected chi connectivity index (χ2v) is 6.22. The van der Waals surface area contributed by atoms with Crippen molar-refractivity contribution in [2.75, 3.05) is 5.32 Å². The summed E-state index contributed by atoms with van der Waals surface area (Å²) in [6.45, 7) is 3.53. The fraction of sp³-hybridized carbons (Fsp3) is 0.316. The zero-order valence-corrected chi connectivity index (χ0v) is 14.3. The summed E-state index contributed by atoms with van der Waals surface area (Å²) in [4.78, 5) is 24.0. The van der Waals surface area contributed by atoms with Gasteiger partial charge in [0, 0.05) is 11.6 Å². The van der Waals surface area contributed by atoms with Crippen molar-refractivity contribution in [1.29, 1.82) is 0 Å². The summed E-state index contributed by atoms with van der Waals surface area (Å²) in [5, 5.41) is 7.05. The highest BCUT2D eigenvalue weighted by atomic mass is 16.3. The van der Waals surface area contributed by atoms with Crippen LogP contribution in [0.15, 0.2) is 46.1 Å². The van der Waals surface area contributed by atoms with Gasteiger partial charge >= 0.3 is 0 Å². The van der Waals surface area contributed by atoms with Gasteiger partial charge in [0.1, 0.15) is 5.76 Å². The fourth-order valence-corrected chi connectivity index (χ4v) is 2.59. The van der Waals surface area contributed by atoms with Crippen LogP contribution in [-0.2, 0) is 4.79 Å². The number of hydrazone groups is 1. The van der Waals surface area contributed by atoms with Crippen molar-refractivity contribution in [2.24, 2.45) is 11.0 Å². The maximum atomic E-state index is 12.0. The van der Waals surface area contributed by atoms with Crippen molar-refractivity contribution in [3.8, 4) is 0 Å². The number of carbonyl (C=O) groups is 2. The Kier molecular flexibility index (Phi) is 4.97. The molecule has 1 saturated carbocycles. The molecule has 25 heavy (non-hydrogen) atoms. The number of carbonyl (C=O) groups excluding carboxylic acids is 2. The molecular weight excluding hydrogens is 318 g/mol. The molecule has 2 aromatic rings. The van der Waals surface area contributed by atoms with E-state index in [0.717, 1.165) is 30.5 Å². The highest BCUT2D eigenvalue weighted by molar-refractivity contribution is 6.01. The maximum Gasteiger partial charge on any atom is 0.274 e. The summed E-state index contributed by atoms with van der Waals surface area (Å²) < 4.78 is 5.11. The SMILES string of the molecule is CC(=NNC(=O)c1ccoc1C)c1ccc(NC(=O)C2CCC2)cc1. The van der Waals surface area contributed by atoms with E-state index in [9.17, 15) is 9.59 Å². The molecule has 1 aliphatic rings. The highest BCUT2D eigenvalue weighted by Gasteiger charge is 2.25. The zero-order chi connectivity index (χ0) is 17.8. The van der Waals surface area contributed by atoms with Gasteiger partial charge in [0.2, 0.25) is 5.91 Å². The molecule has 1 aromatic carbocycles. The van der Waals surface area contributed by atoms with Crippen molar-refractivity contribution < 1.29 is 14.0 Å². The van der Waals surface area contributed by atoms with Crippen molar-refractivity contribution in [1.82, 2.24) is 5.43 Å². The number of benzene rings is 1. The number of hydrogen-bond acceptors (Lipinski definition) is 4. The predicted molar refractivity (Wildman–Crippen MR) is 95.5 cm³/mol. The second kappa shape index (κ2) is 7.34. The van der Waals surface area contributed by atoms with Crippen LogP contribution in [0.5, 0.6) is 0 Å². The minimum absolute atomic E-state index is 0.0899. The molecule has 0 spiro atoms. The van der Waals surface area contributed by atoms with E-state index in [-0.39, 0.29) is 17.7 Å². The van der Waals surface area contributed by atoms with E-state index in [1.807, 2.05) is 31.2 Å². The van der Waals surface area contributed by atoms with Gasteiger partial charge < -0.3 is 9.73 Å². The first-order valence-electron chi connectivity index (χ1n) is 8.34. The van der Waals surface area contributed by atoms with Gasteiger partial charge in [-0.3, -0.25) is 9.59 Å². The van der Waals surface area contributed by atoms with Crippen LogP contribution < -0.4 is 10.7 Å². The summed E-state index contributed by atoms with van der Waals surface area (Å²) >= 11 is 0. The summed E-state index contributed by atoms with van der Waals surface area (Å²) in [7, 11) is 0. The molecule has 0 atom stereocenters. The molecule has 1 fully saturated rings. The summed E-state index contributed by atoms with van der Waals surface area (Å²) in [6.07, 6.45) is 4.56. The lowest BCUT2D eigenvalue weighted by Crippen LogP contribution is -2.28. The number of anilines is 1. The molecule has 3 rings (SSSR count). The van der Waals surface area contributed by atoms with Gasteiger partial charge in [-0.05, 0) is 50.5 Å². The number of hydrogen-bond donors (Lipinski definition) is 2. The Balaban J connectivity index is 1.60. The van der Waals surface area contributed by atoms with Gasteiger partial charge in [-0.25, -0.2) is 5.43 Å². The molecule has 6 nitrogen and oxygen atoms in total. The first-order chi connectivity index (χ1) is 12.0. The molecule has 1 heterocycles. The molecular formula is C19H21N3O3. The van der Waals surface area contributed by atoms with Crippen LogP contribution in [0.1, 0.15) is 47.9 Å². The minimum atomic E-state index is -0.310. The Labute approximate surface area is 146 Å². The van der Waals surface area contributed by atoms with Crippen molar-refractivity contribution in [2.45, 2.75) is 33.1 Å². The molecule has 1 aromatic heterocycles. The first-order valence-corrected chi connectivity index (χ1v) is 8.34. The molecule has 0 radical (unpaired) electrons. The van der Waals surface area contributed by atoms with Gasteiger partial charge in [-0.15, -0.1) is 0 Å². The molecule has 0 unspecified atom stereocenters. The van der Waals surface area contributed by atoms with E-state index in [1.165, 1.54) is 6.26 Å². The molecule has 2 N–H and O–H groups in total. The highest BCUT2D eigenvalue weighted by Crippen LogP contribution is 2.27. The van der Waals surface area contributed by atoms with Crippen molar-refractivity contribution in [3.63, 3.8) is 0 Å². The maximum absolute atomic E-state index is 12.0. The smallest absolute Gasteiger partial charge is 0.274 e. The van der Waals surface area contributed by atoms with Crippen LogP contribution in [0.2, 0.25) is 0 Å². The topological polar surface area (TPSA) is 83.7 Å². The van der Waals surface area contributed by atoms with Gasteiger partial charge in [0.05, 0.1) is 17.5 Å². The van der Waals surface area contributed by atoms with Crippen molar-refractivity contribution in [3.05, 3.63) is 53.5 Å². The number of amides is 2. The van der Waals surface area contributed by atoms with Gasteiger partial charge in [-0.2, -0.15) is 5.10 Å². The normalized spacial score (nSPS) is 14.7.